The fraction of sp³-hybridized carbons (Fsp3) is 0.263. The number of hydrogen-bond donors (Lipinski definition) is 1. The van der Waals surface area contributed by atoms with Gasteiger partial charge in [0, 0.05) is 6.20 Å². The van der Waals surface area contributed by atoms with Gasteiger partial charge in [-0.2, -0.15) is 23.4 Å². The van der Waals surface area contributed by atoms with Crippen LogP contribution >= 0.6 is 11.8 Å². The minimum absolute atomic E-state index is 0.0648. The van der Waals surface area contributed by atoms with E-state index < -0.39 is 28.4 Å². The monoisotopic (exact) mass is 404 g/mol. The number of carbonyl (C=O) groups excluding carboxylic acids is 1. The number of hydrogen-bond acceptors (Lipinski definition) is 5. The summed E-state index contributed by atoms with van der Waals surface area (Å²) in [5.74, 6) is -0.452. The molecule has 28 heavy (non-hydrogen) atoms. The molecule has 5 nitrogen and oxygen atoms in total. The number of benzene rings is 1. The molecule has 2 atom stereocenters. The Bertz CT molecular complexity index is 999. The molecule has 9 heteroatoms. The molecule has 2 aromatic rings. The summed E-state index contributed by atoms with van der Waals surface area (Å²) in [6, 6.07) is 9.60. The van der Waals surface area contributed by atoms with Crippen molar-refractivity contribution in [3.05, 3.63) is 65.0 Å². The first-order valence-electron chi connectivity index (χ1n) is 8.26. The number of carbonyl (C=O) groups is 1. The Hall–Kier alpha value is -2.86. The highest BCUT2D eigenvalue weighted by Gasteiger charge is 2.43. The highest BCUT2D eigenvalue weighted by atomic mass is 32.2. The molecule has 1 aromatic carbocycles. The third-order valence-electron chi connectivity index (χ3n) is 4.41. The van der Waals surface area contributed by atoms with Crippen molar-refractivity contribution in [2.75, 3.05) is 0 Å². The predicted octanol–water partition coefficient (Wildman–Crippen LogP) is 4.17. The van der Waals surface area contributed by atoms with E-state index in [-0.39, 0.29) is 16.4 Å². The molecule has 0 spiro atoms. The van der Waals surface area contributed by atoms with Gasteiger partial charge in [0.2, 0.25) is 0 Å². The largest absolute Gasteiger partial charge is 0.416 e. The van der Waals surface area contributed by atoms with Crippen LogP contribution in [0.4, 0.5) is 13.2 Å². The maximum absolute atomic E-state index is 13.3. The Balaban J connectivity index is 1.83. The summed E-state index contributed by atoms with van der Waals surface area (Å²) in [6.07, 6.45) is -3.05. The van der Waals surface area contributed by atoms with E-state index in [9.17, 15) is 18.0 Å². The molecule has 1 aliphatic rings. The van der Waals surface area contributed by atoms with Crippen molar-refractivity contribution in [1.82, 2.24) is 10.3 Å². The summed E-state index contributed by atoms with van der Waals surface area (Å²) >= 11 is 1.10. The second-order valence-corrected chi connectivity index (χ2v) is 7.76. The minimum atomic E-state index is -4.48. The van der Waals surface area contributed by atoms with Gasteiger partial charge >= 0.3 is 6.18 Å². The number of thioether (sulfide) groups is 1. The standard InChI is InChI=1S/C19H15F3N4OS/c1-11(14-5-3-4-6-15(14)19(20,21)22)25-17-26-16(27)18(2,28-17)12-7-8-24-13(9-12)10-23/h3-9,11H,1-2H3,(H,25,26,27)/t11-,18?/m0/s1. The van der Waals surface area contributed by atoms with Gasteiger partial charge in [-0.25, -0.2) is 4.98 Å². The van der Waals surface area contributed by atoms with E-state index in [0.717, 1.165) is 17.8 Å². The van der Waals surface area contributed by atoms with E-state index in [1.54, 1.807) is 19.9 Å². The lowest BCUT2D eigenvalue weighted by Crippen LogP contribution is -2.27. The van der Waals surface area contributed by atoms with Gasteiger partial charge in [0.15, 0.2) is 5.17 Å². The molecule has 1 aliphatic heterocycles. The van der Waals surface area contributed by atoms with Gasteiger partial charge in [0.05, 0.1) is 11.6 Å². The molecule has 3 rings (SSSR count). The first kappa shape index (κ1) is 19.9. The Kier molecular flexibility index (Phi) is 5.17. The van der Waals surface area contributed by atoms with Crippen molar-refractivity contribution in [3.8, 4) is 6.07 Å². The molecule has 144 valence electrons. The lowest BCUT2D eigenvalue weighted by atomic mass is 10.00. The van der Waals surface area contributed by atoms with Gasteiger partial charge < -0.3 is 5.32 Å². The second-order valence-electron chi connectivity index (χ2n) is 6.35. The molecule has 1 unspecified atom stereocenters. The number of halogens is 3. The molecule has 0 bridgehead atoms. The number of nitrogens with one attached hydrogen (secondary N) is 1. The van der Waals surface area contributed by atoms with E-state index in [2.05, 4.69) is 15.3 Å². The van der Waals surface area contributed by atoms with Gasteiger partial charge in [0.25, 0.3) is 5.91 Å². The Morgan fingerprint density at radius 2 is 2.00 bits per heavy atom. The van der Waals surface area contributed by atoms with Crippen LogP contribution in [-0.4, -0.2) is 16.1 Å². The zero-order chi connectivity index (χ0) is 20.5. The van der Waals surface area contributed by atoms with Gasteiger partial charge in [0.1, 0.15) is 16.5 Å². The first-order chi connectivity index (χ1) is 13.1. The van der Waals surface area contributed by atoms with Crippen molar-refractivity contribution < 1.29 is 18.0 Å². The van der Waals surface area contributed by atoms with Gasteiger partial charge in [-0.15, -0.1) is 0 Å². The van der Waals surface area contributed by atoms with Crippen molar-refractivity contribution in [1.29, 1.82) is 5.26 Å². The summed E-state index contributed by atoms with van der Waals surface area (Å²) < 4.78 is 38.7. The lowest BCUT2D eigenvalue weighted by Gasteiger charge is -2.23. The van der Waals surface area contributed by atoms with Crippen LogP contribution < -0.4 is 5.32 Å². The van der Waals surface area contributed by atoms with Crippen LogP contribution in [0.5, 0.6) is 0 Å². The number of alkyl halides is 3. The number of amidine groups is 1. The number of nitrogens with zero attached hydrogens (tertiary/aromatic N) is 3. The third kappa shape index (κ3) is 3.73. The number of aliphatic imine (C=N–C) groups is 1. The predicted molar refractivity (Wildman–Crippen MR) is 99.3 cm³/mol. The van der Waals surface area contributed by atoms with Crippen LogP contribution in [0.25, 0.3) is 0 Å². The fourth-order valence-electron chi connectivity index (χ4n) is 2.89. The summed E-state index contributed by atoms with van der Waals surface area (Å²) in [7, 11) is 0. The normalized spacial score (nSPS) is 20.4. The zero-order valence-corrected chi connectivity index (χ0v) is 15.7. The molecule has 1 aromatic heterocycles. The Labute approximate surface area is 163 Å². The van der Waals surface area contributed by atoms with Crippen LogP contribution in [0, 0.1) is 11.3 Å². The van der Waals surface area contributed by atoms with Crippen LogP contribution in [0.2, 0.25) is 0 Å². The zero-order valence-electron chi connectivity index (χ0n) is 14.9. The van der Waals surface area contributed by atoms with Crippen LogP contribution in [0.3, 0.4) is 0 Å². The number of amides is 1. The smallest absolute Gasteiger partial charge is 0.358 e. The Morgan fingerprint density at radius 1 is 1.29 bits per heavy atom. The maximum Gasteiger partial charge on any atom is 0.416 e. The highest BCUT2D eigenvalue weighted by molar-refractivity contribution is 8.15. The van der Waals surface area contributed by atoms with Gasteiger partial charge in [-0.05, 0) is 43.2 Å². The van der Waals surface area contributed by atoms with Gasteiger partial charge in [-0.3, -0.25) is 4.79 Å². The van der Waals surface area contributed by atoms with E-state index in [1.807, 2.05) is 6.07 Å². The molecular weight excluding hydrogens is 389 g/mol. The maximum atomic E-state index is 13.3. The number of aromatic nitrogens is 1. The number of pyridine rings is 1. The molecular formula is C19H15F3N4OS. The molecule has 0 radical (unpaired) electrons. The van der Waals surface area contributed by atoms with Crippen molar-refractivity contribution >= 4 is 22.8 Å². The lowest BCUT2D eigenvalue weighted by molar-refractivity contribution is -0.138. The molecule has 2 heterocycles. The summed E-state index contributed by atoms with van der Waals surface area (Å²) in [4.78, 5) is 20.4. The van der Waals surface area contributed by atoms with Crippen LogP contribution in [0.15, 0.2) is 47.6 Å². The summed E-state index contributed by atoms with van der Waals surface area (Å²) in [6.45, 7) is 3.23. The third-order valence-corrected chi connectivity index (χ3v) is 5.63. The average Bonchev–Trinajstić information content (AvgIpc) is 2.95. The molecule has 0 fully saturated rings. The second kappa shape index (κ2) is 7.28. The van der Waals surface area contributed by atoms with Gasteiger partial charge in [-0.1, -0.05) is 30.0 Å². The minimum Gasteiger partial charge on any atom is -0.358 e. The molecule has 0 saturated heterocycles. The van der Waals surface area contributed by atoms with E-state index in [1.165, 1.54) is 30.5 Å². The summed E-state index contributed by atoms with van der Waals surface area (Å²) in [5, 5.41) is 12.1. The molecule has 1 amide bonds. The van der Waals surface area contributed by atoms with E-state index in [4.69, 9.17) is 5.26 Å². The van der Waals surface area contributed by atoms with Crippen molar-refractivity contribution in [3.63, 3.8) is 0 Å². The summed E-state index contributed by atoms with van der Waals surface area (Å²) in [5.41, 5.74) is 0.0504. The first-order valence-corrected chi connectivity index (χ1v) is 9.08. The van der Waals surface area contributed by atoms with Crippen LogP contribution in [-0.2, 0) is 15.7 Å². The topological polar surface area (TPSA) is 78.1 Å². The van der Waals surface area contributed by atoms with Crippen molar-refractivity contribution in [2.24, 2.45) is 4.99 Å². The fourth-order valence-corrected chi connectivity index (χ4v) is 4.02. The quantitative estimate of drug-likeness (QED) is 0.831. The van der Waals surface area contributed by atoms with Crippen LogP contribution in [0.1, 0.15) is 42.3 Å². The number of nitriles is 1. The van der Waals surface area contributed by atoms with Crippen molar-refractivity contribution in [2.45, 2.75) is 30.8 Å². The molecule has 0 aliphatic carbocycles. The SMILES string of the molecule is C[C@H](NC1=NC(=O)C(C)(c2ccnc(C#N)c2)S1)c1ccccc1C(F)(F)F. The highest BCUT2D eigenvalue weighted by Crippen LogP contribution is 2.43. The number of rotatable bonds is 3. The van der Waals surface area contributed by atoms with E-state index in [0.29, 0.717) is 5.56 Å². The molecule has 0 saturated carbocycles. The molecule has 1 N–H and O–H groups in total. The average molecular weight is 404 g/mol. The van der Waals surface area contributed by atoms with E-state index >= 15 is 0 Å². The Morgan fingerprint density at radius 3 is 2.68 bits per heavy atom.